The number of carbonyl (C=O) groups is 1. The Bertz CT molecular complexity index is 611. The lowest BCUT2D eigenvalue weighted by atomic mass is 10.2. The number of hydrogen-bond donors (Lipinski definition) is 1. The number of pyridine rings is 1. The summed E-state index contributed by atoms with van der Waals surface area (Å²) in [5, 5.41) is 2.74. The van der Waals surface area contributed by atoms with Gasteiger partial charge in [0.15, 0.2) is 6.10 Å². The van der Waals surface area contributed by atoms with Gasteiger partial charge in [-0.1, -0.05) is 18.2 Å². The molecule has 0 spiro atoms. The Hall–Kier alpha value is -2.36. The van der Waals surface area contributed by atoms with Gasteiger partial charge in [0.25, 0.3) is 5.91 Å². The van der Waals surface area contributed by atoms with Crippen LogP contribution in [0.4, 0.5) is 5.82 Å². The summed E-state index contributed by atoms with van der Waals surface area (Å²) in [6.45, 7) is 5.57. The van der Waals surface area contributed by atoms with Crippen LogP contribution in [0.15, 0.2) is 42.5 Å². The number of anilines is 1. The molecule has 0 saturated carbocycles. The van der Waals surface area contributed by atoms with Crippen LogP contribution in [0.2, 0.25) is 0 Å². The topological polar surface area (TPSA) is 51.2 Å². The molecular formula is C16H18N2O2. The number of nitrogens with zero attached hydrogens (tertiary/aromatic N) is 1. The zero-order chi connectivity index (χ0) is 14.5. The van der Waals surface area contributed by atoms with E-state index < -0.39 is 6.10 Å². The van der Waals surface area contributed by atoms with E-state index in [9.17, 15) is 4.79 Å². The highest BCUT2D eigenvalue weighted by Gasteiger charge is 2.15. The molecule has 0 aliphatic rings. The summed E-state index contributed by atoms with van der Waals surface area (Å²) in [5.74, 6) is 1.00. The van der Waals surface area contributed by atoms with Crippen LogP contribution >= 0.6 is 0 Å². The number of nitrogens with one attached hydrogen (secondary N) is 1. The Morgan fingerprint density at radius 1 is 1.20 bits per heavy atom. The molecule has 20 heavy (non-hydrogen) atoms. The van der Waals surface area contributed by atoms with Crippen molar-refractivity contribution in [2.45, 2.75) is 26.9 Å². The van der Waals surface area contributed by atoms with Crippen LogP contribution < -0.4 is 10.1 Å². The average Bonchev–Trinajstić information content (AvgIpc) is 2.38. The smallest absolute Gasteiger partial charge is 0.266 e. The summed E-state index contributed by atoms with van der Waals surface area (Å²) >= 11 is 0. The first-order chi connectivity index (χ1) is 9.54. The molecular weight excluding hydrogens is 252 g/mol. The number of carbonyl (C=O) groups excluding carboxylic acids is 1. The van der Waals surface area contributed by atoms with Gasteiger partial charge < -0.3 is 10.1 Å². The molecule has 0 bridgehead atoms. The van der Waals surface area contributed by atoms with Crippen molar-refractivity contribution in [2.24, 2.45) is 0 Å². The Kier molecular flexibility index (Phi) is 4.35. The van der Waals surface area contributed by atoms with Gasteiger partial charge in [0.05, 0.1) is 0 Å². The lowest BCUT2D eigenvalue weighted by Crippen LogP contribution is -2.30. The molecule has 0 fully saturated rings. The van der Waals surface area contributed by atoms with Crippen molar-refractivity contribution in [2.75, 3.05) is 5.32 Å². The van der Waals surface area contributed by atoms with Crippen LogP contribution in [0.3, 0.4) is 0 Å². The second-order valence-electron chi connectivity index (χ2n) is 4.73. The third-order valence-corrected chi connectivity index (χ3v) is 2.81. The second-order valence-corrected chi connectivity index (χ2v) is 4.73. The monoisotopic (exact) mass is 270 g/mol. The highest BCUT2D eigenvalue weighted by Crippen LogP contribution is 2.15. The molecule has 2 aromatic rings. The van der Waals surface area contributed by atoms with E-state index in [2.05, 4.69) is 10.3 Å². The maximum absolute atomic E-state index is 12.0. The lowest BCUT2D eigenvalue weighted by molar-refractivity contribution is -0.122. The zero-order valence-corrected chi connectivity index (χ0v) is 11.9. The molecule has 0 aliphatic heterocycles. The molecule has 104 valence electrons. The molecule has 1 N–H and O–H groups in total. The number of aryl methyl sites for hydroxylation is 2. The second kappa shape index (κ2) is 6.19. The zero-order valence-electron chi connectivity index (χ0n) is 11.9. The van der Waals surface area contributed by atoms with Gasteiger partial charge in [0.2, 0.25) is 0 Å². The maximum atomic E-state index is 12.0. The molecule has 1 amide bonds. The Morgan fingerprint density at radius 2 is 1.95 bits per heavy atom. The molecule has 0 saturated heterocycles. The van der Waals surface area contributed by atoms with E-state index in [-0.39, 0.29) is 5.91 Å². The predicted octanol–water partition coefficient (Wildman–Crippen LogP) is 3.10. The van der Waals surface area contributed by atoms with Gasteiger partial charge in [-0.15, -0.1) is 0 Å². The van der Waals surface area contributed by atoms with Crippen LogP contribution in [-0.2, 0) is 4.79 Å². The number of rotatable bonds is 4. The van der Waals surface area contributed by atoms with Crippen molar-refractivity contribution in [1.82, 2.24) is 4.98 Å². The van der Waals surface area contributed by atoms with Crippen LogP contribution in [-0.4, -0.2) is 17.0 Å². The van der Waals surface area contributed by atoms with Crippen LogP contribution in [0.1, 0.15) is 18.2 Å². The fourth-order valence-corrected chi connectivity index (χ4v) is 1.79. The van der Waals surface area contributed by atoms with E-state index in [1.807, 2.05) is 50.2 Å². The van der Waals surface area contributed by atoms with E-state index in [0.717, 1.165) is 11.3 Å². The van der Waals surface area contributed by atoms with Gasteiger partial charge in [-0.3, -0.25) is 4.79 Å². The summed E-state index contributed by atoms with van der Waals surface area (Å²) in [6, 6.07) is 13.1. The largest absolute Gasteiger partial charge is 0.481 e. The van der Waals surface area contributed by atoms with E-state index in [4.69, 9.17) is 4.74 Å². The van der Waals surface area contributed by atoms with Gasteiger partial charge in [-0.05, 0) is 50.6 Å². The first-order valence-electron chi connectivity index (χ1n) is 6.52. The molecule has 0 aliphatic carbocycles. The highest BCUT2D eigenvalue weighted by molar-refractivity contribution is 5.93. The first kappa shape index (κ1) is 14.1. The van der Waals surface area contributed by atoms with Gasteiger partial charge in [0, 0.05) is 5.69 Å². The Balaban J connectivity index is 1.98. The molecule has 1 aromatic carbocycles. The molecule has 2 rings (SSSR count). The number of ether oxygens (including phenoxy) is 1. The molecule has 4 heteroatoms. The number of benzene rings is 1. The van der Waals surface area contributed by atoms with Crippen LogP contribution in [0.25, 0.3) is 0 Å². The third-order valence-electron chi connectivity index (χ3n) is 2.81. The quantitative estimate of drug-likeness (QED) is 0.928. The summed E-state index contributed by atoms with van der Waals surface area (Å²) in [7, 11) is 0. The minimum Gasteiger partial charge on any atom is -0.481 e. The Morgan fingerprint density at radius 3 is 2.65 bits per heavy atom. The summed E-state index contributed by atoms with van der Waals surface area (Å²) in [6.07, 6.45) is -0.584. The van der Waals surface area contributed by atoms with Crippen molar-refractivity contribution >= 4 is 11.7 Å². The molecule has 4 nitrogen and oxygen atoms in total. The summed E-state index contributed by atoms with van der Waals surface area (Å²) < 4.78 is 5.62. The Labute approximate surface area is 118 Å². The molecule has 1 unspecified atom stereocenters. The minimum atomic E-state index is -0.584. The average molecular weight is 270 g/mol. The van der Waals surface area contributed by atoms with E-state index in [0.29, 0.717) is 11.6 Å². The molecule has 1 aromatic heterocycles. The lowest BCUT2D eigenvalue weighted by Gasteiger charge is -2.14. The predicted molar refractivity (Wildman–Crippen MR) is 78.9 cm³/mol. The SMILES string of the molecule is Cc1cccc(OC(C)C(=O)Nc2cccc(C)n2)c1. The summed E-state index contributed by atoms with van der Waals surface area (Å²) in [4.78, 5) is 16.3. The normalized spacial score (nSPS) is 11.8. The van der Waals surface area contributed by atoms with E-state index >= 15 is 0 Å². The fourth-order valence-electron chi connectivity index (χ4n) is 1.79. The van der Waals surface area contributed by atoms with E-state index in [1.165, 1.54) is 0 Å². The van der Waals surface area contributed by atoms with Crippen molar-refractivity contribution in [3.8, 4) is 5.75 Å². The third kappa shape index (κ3) is 3.82. The van der Waals surface area contributed by atoms with Crippen molar-refractivity contribution in [3.63, 3.8) is 0 Å². The molecule has 1 atom stereocenters. The van der Waals surface area contributed by atoms with Crippen molar-refractivity contribution in [1.29, 1.82) is 0 Å². The maximum Gasteiger partial charge on any atom is 0.266 e. The van der Waals surface area contributed by atoms with Gasteiger partial charge >= 0.3 is 0 Å². The minimum absolute atomic E-state index is 0.218. The number of hydrogen-bond acceptors (Lipinski definition) is 3. The van der Waals surface area contributed by atoms with Crippen molar-refractivity contribution < 1.29 is 9.53 Å². The standard InChI is InChI=1S/C16H18N2O2/c1-11-6-4-8-14(10-11)20-13(3)16(19)18-15-9-5-7-12(2)17-15/h4-10,13H,1-3H3,(H,17,18,19). The van der Waals surface area contributed by atoms with Gasteiger partial charge in [-0.2, -0.15) is 0 Å². The molecule has 0 radical (unpaired) electrons. The van der Waals surface area contributed by atoms with Crippen LogP contribution in [0, 0.1) is 13.8 Å². The summed E-state index contributed by atoms with van der Waals surface area (Å²) in [5.41, 5.74) is 1.95. The van der Waals surface area contributed by atoms with Gasteiger partial charge in [0.1, 0.15) is 11.6 Å². The first-order valence-corrected chi connectivity index (χ1v) is 6.52. The number of aromatic nitrogens is 1. The fraction of sp³-hybridized carbons (Fsp3) is 0.250. The highest BCUT2D eigenvalue weighted by atomic mass is 16.5. The number of amides is 1. The van der Waals surface area contributed by atoms with Gasteiger partial charge in [-0.25, -0.2) is 4.98 Å². The molecule has 1 heterocycles. The van der Waals surface area contributed by atoms with Crippen molar-refractivity contribution in [3.05, 3.63) is 53.7 Å². The van der Waals surface area contributed by atoms with E-state index in [1.54, 1.807) is 13.0 Å². The van der Waals surface area contributed by atoms with Crippen LogP contribution in [0.5, 0.6) is 5.75 Å².